The van der Waals surface area contributed by atoms with Gasteiger partial charge in [0.05, 0.1) is 14.2 Å². The van der Waals surface area contributed by atoms with E-state index in [2.05, 4.69) is 78.8 Å². The van der Waals surface area contributed by atoms with E-state index >= 15 is 0 Å². The largest absolute Gasteiger partial charge is 0.453 e. The number of primary amides is 1. The molecule has 4 aromatic rings. The number of aryl methyl sites for hydroxylation is 2. The second kappa shape index (κ2) is 25.3. The first-order chi connectivity index (χ1) is 28.4. The zero-order chi connectivity index (χ0) is 43.2. The highest BCUT2D eigenvalue weighted by Gasteiger charge is 2.21. The lowest BCUT2D eigenvalue weighted by Crippen LogP contribution is -2.25. The van der Waals surface area contributed by atoms with E-state index in [-0.39, 0.29) is 11.8 Å². The van der Waals surface area contributed by atoms with Crippen LogP contribution in [0, 0.1) is 11.8 Å². The number of imidazole rings is 2. The fraction of sp³-hybridized carbons (Fsp3) is 0.488. The number of carbonyl (C=O) groups is 4. The second-order valence-electron chi connectivity index (χ2n) is 14.4. The molecule has 16 nitrogen and oxygen atoms in total. The molecule has 0 fully saturated rings. The Morgan fingerprint density at radius 2 is 1.12 bits per heavy atom. The number of carbonyl (C=O) groups excluding carboxylic acids is 4. The SMILES string of the molecule is CCC(C)CC(=O)NCCCCc1cnc(-c2ccc3c(c2)Oc2ccc(-c4ncc(CCCCNC(=O)CC(C)CC)[nH]4)cc2O3)[nH]1.CNC(=O)OC.COC(N)=O. The number of hydrogen-bond donors (Lipinski definition) is 6. The van der Waals surface area contributed by atoms with Crippen molar-refractivity contribution >= 4 is 24.0 Å². The Balaban J connectivity index is 0.000000747. The van der Waals surface area contributed by atoms with Gasteiger partial charge in [0.2, 0.25) is 11.8 Å². The van der Waals surface area contributed by atoms with Crippen molar-refractivity contribution in [3.05, 3.63) is 60.2 Å². The van der Waals surface area contributed by atoms with Crippen molar-refractivity contribution in [2.75, 3.05) is 34.4 Å². The van der Waals surface area contributed by atoms with Crippen molar-refractivity contribution in [3.63, 3.8) is 0 Å². The topological polar surface area (TPSA) is 225 Å². The molecular weight excluding hydrogens is 757 g/mol. The van der Waals surface area contributed by atoms with Crippen molar-refractivity contribution in [3.8, 4) is 45.8 Å². The Hall–Kier alpha value is -6.06. The van der Waals surface area contributed by atoms with Gasteiger partial charge in [-0.3, -0.25) is 9.59 Å². The number of alkyl carbamates (subject to hydrolysis) is 1. The number of nitrogens with one attached hydrogen (secondary N) is 5. The third-order valence-electron chi connectivity index (χ3n) is 9.57. The number of aromatic amines is 2. The highest BCUT2D eigenvalue weighted by molar-refractivity contribution is 5.76. The van der Waals surface area contributed by atoms with E-state index in [4.69, 9.17) is 9.47 Å². The van der Waals surface area contributed by atoms with E-state index < -0.39 is 12.2 Å². The Bertz CT molecular complexity index is 1800. The number of fused-ring (bicyclic) bond motifs is 2. The lowest BCUT2D eigenvalue weighted by molar-refractivity contribution is -0.122. The fourth-order valence-electron chi connectivity index (χ4n) is 5.65. The molecule has 0 saturated heterocycles. The second-order valence-corrected chi connectivity index (χ2v) is 14.4. The molecule has 2 aromatic carbocycles. The molecule has 4 amide bonds. The van der Waals surface area contributed by atoms with Crippen LogP contribution in [0.2, 0.25) is 0 Å². The fourth-order valence-corrected chi connectivity index (χ4v) is 5.65. The van der Waals surface area contributed by atoms with Crippen LogP contribution in [-0.2, 0) is 31.9 Å². The summed E-state index contributed by atoms with van der Waals surface area (Å²) in [4.78, 5) is 59.2. The van der Waals surface area contributed by atoms with Crippen LogP contribution >= 0.6 is 0 Å². The summed E-state index contributed by atoms with van der Waals surface area (Å²) in [6.45, 7) is 9.83. The highest BCUT2D eigenvalue weighted by atomic mass is 16.6. The average Bonchev–Trinajstić information content (AvgIpc) is 3.92. The van der Waals surface area contributed by atoms with Crippen LogP contribution in [0.1, 0.15) is 90.4 Å². The first-order valence-corrected chi connectivity index (χ1v) is 20.2. The summed E-state index contributed by atoms with van der Waals surface area (Å²) in [6, 6.07) is 11.6. The molecule has 1 aliphatic heterocycles. The van der Waals surface area contributed by atoms with Gasteiger partial charge in [0.15, 0.2) is 23.0 Å². The maximum atomic E-state index is 12.0. The van der Waals surface area contributed by atoms with Gasteiger partial charge in [-0.15, -0.1) is 0 Å². The van der Waals surface area contributed by atoms with Crippen molar-refractivity contribution < 1.29 is 38.1 Å². The van der Waals surface area contributed by atoms with Crippen LogP contribution in [0.4, 0.5) is 9.59 Å². The minimum Gasteiger partial charge on any atom is -0.453 e. The maximum Gasteiger partial charge on any atom is 0.406 e. The summed E-state index contributed by atoms with van der Waals surface area (Å²) in [5.74, 6) is 5.23. The van der Waals surface area contributed by atoms with Crippen LogP contribution in [-0.4, -0.2) is 78.3 Å². The summed E-state index contributed by atoms with van der Waals surface area (Å²) >= 11 is 0. The normalized spacial score (nSPS) is 11.9. The maximum absolute atomic E-state index is 12.0. The third kappa shape index (κ3) is 16.8. The molecular formula is C43H62N8O8. The molecule has 0 aliphatic carbocycles. The van der Waals surface area contributed by atoms with E-state index in [0.717, 1.165) is 85.5 Å². The molecule has 5 rings (SSSR count). The molecule has 2 atom stereocenters. The standard InChI is InChI=1S/C38H50N6O4.C3H7NO2.C2H5NO2/c1-5-25(3)19-35(45)39-17-9-7-11-29-23-41-37(43-29)27-13-15-31-33(21-27)47-32-16-14-28(22-34(32)48-31)38-42-24-30(44-38)12-8-10-18-40-36(46)20-26(4)6-2;1-4-3(5)6-2;1-5-2(3)4/h13-16,21-26H,5-12,17-20H2,1-4H3,(H,39,45)(H,40,46)(H,41,43)(H,42,44);1-2H3,(H,4,5);1H3,(H2,3,4). The molecule has 0 bridgehead atoms. The van der Waals surface area contributed by atoms with Gasteiger partial charge in [0.25, 0.3) is 0 Å². The lowest BCUT2D eigenvalue weighted by atomic mass is 10.1. The summed E-state index contributed by atoms with van der Waals surface area (Å²) < 4.78 is 20.5. The molecule has 7 N–H and O–H groups in total. The van der Waals surface area contributed by atoms with Gasteiger partial charge in [-0.2, -0.15) is 0 Å². The summed E-state index contributed by atoms with van der Waals surface area (Å²) in [7, 11) is 4.05. The first-order valence-electron chi connectivity index (χ1n) is 20.2. The van der Waals surface area contributed by atoms with Crippen molar-refractivity contribution in [2.24, 2.45) is 17.6 Å². The van der Waals surface area contributed by atoms with E-state index in [1.54, 1.807) is 0 Å². The van der Waals surface area contributed by atoms with E-state index in [1.807, 2.05) is 48.8 Å². The molecule has 3 heterocycles. The average molecular weight is 819 g/mol. The van der Waals surface area contributed by atoms with Gasteiger partial charge in [0, 0.05) is 67.9 Å². The number of rotatable bonds is 18. The summed E-state index contributed by atoms with van der Waals surface area (Å²) in [5.41, 5.74) is 8.38. The Morgan fingerprint density at radius 3 is 1.46 bits per heavy atom. The zero-order valence-corrected chi connectivity index (χ0v) is 35.5. The quantitative estimate of drug-likeness (QED) is 0.0471. The van der Waals surface area contributed by atoms with E-state index in [1.165, 1.54) is 21.3 Å². The predicted octanol–water partition coefficient (Wildman–Crippen LogP) is 7.80. The van der Waals surface area contributed by atoms with Crippen LogP contribution in [0.3, 0.4) is 0 Å². The molecule has 2 unspecified atom stereocenters. The smallest absolute Gasteiger partial charge is 0.406 e. The minimum atomic E-state index is -0.745. The number of methoxy groups -OCH3 is 2. The molecule has 0 spiro atoms. The highest BCUT2D eigenvalue weighted by Crippen LogP contribution is 2.47. The number of hydrogen-bond acceptors (Lipinski definition) is 10. The van der Waals surface area contributed by atoms with Gasteiger partial charge < -0.3 is 50.6 Å². The number of H-pyrrole nitrogens is 2. The van der Waals surface area contributed by atoms with Crippen LogP contribution < -0.4 is 31.2 Å². The number of nitrogens with two attached hydrogens (primary N) is 1. The van der Waals surface area contributed by atoms with Gasteiger partial charge in [-0.05, 0) is 86.8 Å². The molecule has 2 aromatic heterocycles. The summed E-state index contributed by atoms with van der Waals surface area (Å²) in [6.07, 6.45) is 11.3. The third-order valence-corrected chi connectivity index (χ3v) is 9.57. The van der Waals surface area contributed by atoms with Gasteiger partial charge >= 0.3 is 12.2 Å². The van der Waals surface area contributed by atoms with Crippen molar-refractivity contribution in [1.29, 1.82) is 0 Å². The predicted molar refractivity (Wildman–Crippen MR) is 226 cm³/mol. The number of benzene rings is 2. The molecule has 16 heteroatoms. The van der Waals surface area contributed by atoms with Gasteiger partial charge in [0.1, 0.15) is 11.6 Å². The Labute approximate surface area is 347 Å². The Morgan fingerprint density at radius 1 is 0.695 bits per heavy atom. The molecule has 59 heavy (non-hydrogen) atoms. The first kappa shape index (κ1) is 47.3. The van der Waals surface area contributed by atoms with E-state index in [0.29, 0.717) is 60.8 Å². The van der Waals surface area contributed by atoms with Crippen molar-refractivity contribution in [1.82, 2.24) is 35.9 Å². The molecule has 0 saturated carbocycles. The molecule has 0 radical (unpaired) electrons. The molecule has 322 valence electrons. The number of amides is 4. The van der Waals surface area contributed by atoms with Crippen LogP contribution in [0.25, 0.3) is 22.8 Å². The monoisotopic (exact) mass is 818 g/mol. The summed E-state index contributed by atoms with van der Waals surface area (Å²) in [5, 5.41) is 8.31. The minimum absolute atomic E-state index is 0.139. The van der Waals surface area contributed by atoms with Gasteiger partial charge in [-0.1, -0.05) is 40.5 Å². The number of aromatic nitrogens is 4. The van der Waals surface area contributed by atoms with Crippen LogP contribution in [0.15, 0.2) is 48.8 Å². The number of unbranched alkanes of at least 4 members (excludes halogenated alkanes) is 2. The Kier molecular flexibility index (Phi) is 20.3. The number of nitrogens with zero attached hydrogens (tertiary/aromatic N) is 2. The van der Waals surface area contributed by atoms with Gasteiger partial charge in [-0.25, -0.2) is 19.6 Å². The lowest BCUT2D eigenvalue weighted by Gasteiger charge is -2.21. The van der Waals surface area contributed by atoms with Crippen LogP contribution in [0.5, 0.6) is 23.0 Å². The van der Waals surface area contributed by atoms with E-state index in [9.17, 15) is 19.2 Å². The molecule has 1 aliphatic rings. The number of ether oxygens (including phenoxy) is 4. The zero-order valence-electron chi connectivity index (χ0n) is 35.5. The van der Waals surface area contributed by atoms with Crippen molar-refractivity contribution in [2.45, 2.75) is 91.9 Å².